The van der Waals surface area contributed by atoms with Crippen LogP contribution in [0.4, 0.5) is 5.69 Å². The molecule has 2 aromatic heterocycles. The van der Waals surface area contributed by atoms with Crippen molar-refractivity contribution in [1.29, 1.82) is 0 Å². The number of pyridine rings is 1. The number of imidazole rings is 1. The Balaban J connectivity index is 2.19. The topological polar surface area (TPSA) is 191 Å². The SMILES string of the molecule is CC[C@@H](C)[C@H](NC(=O)Cn1cccc(NC(=O)[C@H](CCC=CC(=O)OC)NC(=O)c2cncn2C)c1=O)C(=O)O. The predicted octanol–water partition coefficient (Wildman–Crippen LogP) is 0.444. The van der Waals surface area contributed by atoms with Crippen LogP contribution in [0.2, 0.25) is 0 Å². The summed E-state index contributed by atoms with van der Waals surface area (Å²) in [4.78, 5) is 78.1. The number of carboxylic acids is 1. The smallest absolute Gasteiger partial charge is 0.330 e. The number of amides is 3. The van der Waals surface area contributed by atoms with Crippen LogP contribution in [0.25, 0.3) is 0 Å². The number of hydrogen-bond acceptors (Lipinski definition) is 8. The Hall–Kier alpha value is -4.75. The number of methoxy groups -OCH3 is 1. The summed E-state index contributed by atoms with van der Waals surface area (Å²) >= 11 is 0. The van der Waals surface area contributed by atoms with Gasteiger partial charge in [-0.1, -0.05) is 26.3 Å². The number of hydrogen-bond donors (Lipinski definition) is 4. The molecule has 0 radical (unpaired) electrons. The highest BCUT2D eigenvalue weighted by Crippen LogP contribution is 2.09. The number of ether oxygens (including phenoxy) is 1. The standard InChI is InChI=1S/C26H34N6O8/c1-5-16(2)22(26(38)39)30-20(33)14-32-12-8-10-18(25(32)37)29-23(35)17(9-6-7-11-21(34)40-4)28-24(36)19-13-27-15-31(19)3/h7-8,10-13,15-17,22H,5-6,9,14H2,1-4H3,(H,28,36)(H,29,35)(H,30,33)(H,38,39)/t16-,17+,22+/m1/s1. The molecule has 3 amide bonds. The van der Waals surface area contributed by atoms with E-state index in [-0.39, 0.29) is 30.1 Å². The molecule has 14 heteroatoms. The summed E-state index contributed by atoms with van der Waals surface area (Å²) in [5, 5.41) is 16.9. The summed E-state index contributed by atoms with van der Waals surface area (Å²) in [6, 6.07) is 0.557. The quantitative estimate of drug-likeness (QED) is 0.188. The van der Waals surface area contributed by atoms with E-state index in [4.69, 9.17) is 0 Å². The van der Waals surface area contributed by atoms with E-state index in [2.05, 4.69) is 25.7 Å². The molecule has 0 aliphatic carbocycles. The Morgan fingerprint density at radius 1 is 1.20 bits per heavy atom. The first-order valence-electron chi connectivity index (χ1n) is 12.5. The van der Waals surface area contributed by atoms with Gasteiger partial charge in [0.1, 0.15) is 30.0 Å². The fraction of sp³-hybridized carbons (Fsp3) is 0.423. The molecule has 3 atom stereocenters. The van der Waals surface area contributed by atoms with Crippen LogP contribution in [-0.4, -0.2) is 68.1 Å². The number of nitrogens with zero attached hydrogens (tertiary/aromatic N) is 3. The van der Waals surface area contributed by atoms with Gasteiger partial charge in [0, 0.05) is 19.3 Å². The molecule has 0 aliphatic heterocycles. The fourth-order valence-electron chi connectivity index (χ4n) is 3.62. The van der Waals surface area contributed by atoms with Crippen molar-refractivity contribution in [2.45, 2.75) is 51.7 Å². The Morgan fingerprint density at radius 2 is 1.93 bits per heavy atom. The number of esters is 1. The van der Waals surface area contributed by atoms with Crippen molar-refractivity contribution in [1.82, 2.24) is 24.8 Å². The van der Waals surface area contributed by atoms with E-state index in [0.717, 1.165) is 4.57 Å². The van der Waals surface area contributed by atoms with Gasteiger partial charge in [0.2, 0.25) is 11.8 Å². The molecule has 0 aliphatic rings. The molecule has 0 aromatic carbocycles. The van der Waals surface area contributed by atoms with Crippen molar-refractivity contribution in [3.8, 4) is 0 Å². The van der Waals surface area contributed by atoms with Crippen LogP contribution < -0.4 is 21.5 Å². The van der Waals surface area contributed by atoms with Gasteiger partial charge in [-0.25, -0.2) is 14.6 Å². The Kier molecular flexibility index (Phi) is 11.8. The number of allylic oxidation sites excluding steroid dienone is 1. The zero-order valence-electron chi connectivity index (χ0n) is 22.7. The molecule has 0 bridgehead atoms. The van der Waals surface area contributed by atoms with Gasteiger partial charge in [-0.2, -0.15) is 0 Å². The fourth-order valence-corrected chi connectivity index (χ4v) is 3.62. The third-order valence-electron chi connectivity index (χ3n) is 6.14. The number of aryl methyl sites for hydroxylation is 1. The predicted molar refractivity (Wildman–Crippen MR) is 143 cm³/mol. The number of aromatic nitrogens is 3. The lowest BCUT2D eigenvalue weighted by atomic mass is 9.99. The molecule has 2 rings (SSSR count). The number of rotatable bonds is 14. The van der Waals surface area contributed by atoms with Gasteiger partial charge in [0.25, 0.3) is 11.5 Å². The first-order chi connectivity index (χ1) is 19.0. The van der Waals surface area contributed by atoms with Gasteiger partial charge >= 0.3 is 11.9 Å². The lowest BCUT2D eigenvalue weighted by Crippen LogP contribution is -2.47. The second kappa shape index (κ2) is 15.0. The Bertz CT molecular complexity index is 1310. The number of carboxylic acid groups (broad SMARTS) is 1. The van der Waals surface area contributed by atoms with Crippen LogP contribution in [-0.2, 0) is 37.5 Å². The number of aliphatic carboxylic acids is 1. The first-order valence-corrected chi connectivity index (χ1v) is 12.5. The molecular weight excluding hydrogens is 524 g/mol. The molecule has 0 saturated carbocycles. The van der Waals surface area contributed by atoms with E-state index in [1.807, 2.05) is 0 Å². The van der Waals surface area contributed by atoms with Gasteiger partial charge in [0.05, 0.1) is 19.6 Å². The lowest BCUT2D eigenvalue weighted by molar-refractivity contribution is -0.143. The maximum atomic E-state index is 13.1. The zero-order valence-corrected chi connectivity index (χ0v) is 22.7. The molecule has 4 N–H and O–H groups in total. The van der Waals surface area contributed by atoms with Crippen molar-refractivity contribution in [2.24, 2.45) is 13.0 Å². The van der Waals surface area contributed by atoms with Crippen LogP contribution in [0, 0.1) is 5.92 Å². The van der Waals surface area contributed by atoms with Crippen molar-refractivity contribution < 1.29 is 33.8 Å². The normalized spacial score (nSPS) is 13.2. The third kappa shape index (κ3) is 8.92. The van der Waals surface area contributed by atoms with Gasteiger partial charge in [0.15, 0.2) is 0 Å². The van der Waals surface area contributed by atoms with Crippen LogP contribution in [0.15, 0.2) is 47.8 Å². The minimum Gasteiger partial charge on any atom is -0.480 e. The monoisotopic (exact) mass is 558 g/mol. The van der Waals surface area contributed by atoms with E-state index in [1.54, 1.807) is 20.9 Å². The van der Waals surface area contributed by atoms with Gasteiger partial charge in [-0.3, -0.25) is 19.2 Å². The summed E-state index contributed by atoms with van der Waals surface area (Å²) in [7, 11) is 2.84. The zero-order chi connectivity index (χ0) is 29.8. The molecule has 0 fully saturated rings. The number of carbonyl (C=O) groups is 5. The lowest BCUT2D eigenvalue weighted by Gasteiger charge is -2.20. The van der Waals surface area contributed by atoms with Gasteiger partial charge < -0.3 is 34.9 Å². The molecule has 0 unspecified atom stereocenters. The van der Waals surface area contributed by atoms with Crippen LogP contribution in [0.3, 0.4) is 0 Å². The second-order valence-electron chi connectivity index (χ2n) is 9.03. The molecule has 216 valence electrons. The van der Waals surface area contributed by atoms with E-state index >= 15 is 0 Å². The molecule has 2 heterocycles. The molecule has 2 aromatic rings. The first kappa shape index (κ1) is 31.5. The highest BCUT2D eigenvalue weighted by molar-refractivity contribution is 6.00. The summed E-state index contributed by atoms with van der Waals surface area (Å²) in [5.74, 6) is -4.05. The number of anilines is 1. The number of nitrogens with one attached hydrogen (secondary N) is 3. The van der Waals surface area contributed by atoms with Crippen molar-refractivity contribution in [3.05, 3.63) is 59.1 Å². The molecule has 0 spiro atoms. The van der Waals surface area contributed by atoms with Crippen molar-refractivity contribution >= 4 is 35.3 Å². The molecule has 14 nitrogen and oxygen atoms in total. The van der Waals surface area contributed by atoms with Gasteiger partial charge in [-0.05, 0) is 30.9 Å². The summed E-state index contributed by atoms with van der Waals surface area (Å²) in [5.41, 5.74) is -0.654. The van der Waals surface area contributed by atoms with Gasteiger partial charge in [-0.15, -0.1) is 0 Å². The van der Waals surface area contributed by atoms with E-state index in [9.17, 15) is 33.9 Å². The second-order valence-corrected chi connectivity index (χ2v) is 9.03. The number of carbonyl (C=O) groups excluding carboxylic acids is 4. The van der Waals surface area contributed by atoms with E-state index < -0.39 is 53.8 Å². The third-order valence-corrected chi connectivity index (χ3v) is 6.14. The summed E-state index contributed by atoms with van der Waals surface area (Å²) in [6.07, 6.45) is 7.59. The maximum Gasteiger partial charge on any atom is 0.330 e. The molecular formula is C26H34N6O8. The minimum atomic E-state index is -1.18. The summed E-state index contributed by atoms with van der Waals surface area (Å²) in [6.45, 7) is 3.02. The average molecular weight is 559 g/mol. The maximum absolute atomic E-state index is 13.1. The highest BCUT2D eigenvalue weighted by atomic mass is 16.5. The van der Waals surface area contributed by atoms with Crippen molar-refractivity contribution in [2.75, 3.05) is 12.4 Å². The highest BCUT2D eigenvalue weighted by Gasteiger charge is 2.26. The van der Waals surface area contributed by atoms with Crippen LogP contribution in [0.1, 0.15) is 43.6 Å². The Labute approximate surface area is 230 Å². The largest absolute Gasteiger partial charge is 0.480 e. The van der Waals surface area contributed by atoms with Crippen LogP contribution in [0.5, 0.6) is 0 Å². The molecule has 40 heavy (non-hydrogen) atoms. The van der Waals surface area contributed by atoms with E-state index in [1.165, 1.54) is 54.7 Å². The van der Waals surface area contributed by atoms with E-state index in [0.29, 0.717) is 6.42 Å². The van der Waals surface area contributed by atoms with Crippen molar-refractivity contribution in [3.63, 3.8) is 0 Å². The van der Waals surface area contributed by atoms with Crippen LogP contribution >= 0.6 is 0 Å². The average Bonchev–Trinajstić information content (AvgIpc) is 3.36. The molecule has 0 saturated heterocycles. The Morgan fingerprint density at radius 3 is 2.52 bits per heavy atom. The minimum absolute atomic E-state index is 0.0819. The summed E-state index contributed by atoms with van der Waals surface area (Å²) < 4.78 is 7.03.